The van der Waals surface area contributed by atoms with E-state index in [9.17, 15) is 4.79 Å². The Morgan fingerprint density at radius 1 is 1.00 bits per heavy atom. The standard InChI is InChI=1S/C24H23N5O2S/c1-16-8-7-11-21(17(16)2)29-24(26-27-28-29)32-22(18-9-5-4-6-10-18)23(30)25-19-12-14-20(31-3)15-13-19/h4-15,22H,1-3H3,(H,25,30). The first-order chi connectivity index (χ1) is 15.6. The minimum atomic E-state index is -0.548. The summed E-state index contributed by atoms with van der Waals surface area (Å²) in [6, 6.07) is 22.8. The van der Waals surface area contributed by atoms with Crippen LogP contribution in [0.3, 0.4) is 0 Å². The van der Waals surface area contributed by atoms with Gasteiger partial charge in [-0.1, -0.05) is 54.2 Å². The van der Waals surface area contributed by atoms with Crippen molar-refractivity contribution in [2.75, 3.05) is 12.4 Å². The zero-order valence-electron chi connectivity index (χ0n) is 18.0. The highest BCUT2D eigenvalue weighted by molar-refractivity contribution is 8.00. The molecule has 0 radical (unpaired) electrons. The fraction of sp³-hybridized carbons (Fsp3) is 0.167. The lowest BCUT2D eigenvalue weighted by atomic mass is 10.1. The number of carbonyl (C=O) groups excluding carboxylic acids is 1. The second kappa shape index (κ2) is 9.65. The zero-order valence-corrected chi connectivity index (χ0v) is 18.8. The summed E-state index contributed by atoms with van der Waals surface area (Å²) in [5.41, 5.74) is 4.66. The molecule has 1 N–H and O–H groups in total. The molecule has 0 aliphatic rings. The van der Waals surface area contributed by atoms with E-state index in [2.05, 4.69) is 20.8 Å². The van der Waals surface area contributed by atoms with Crippen molar-refractivity contribution < 1.29 is 9.53 Å². The number of nitrogens with zero attached hydrogens (tertiary/aromatic N) is 4. The summed E-state index contributed by atoms with van der Waals surface area (Å²) in [4.78, 5) is 13.3. The average Bonchev–Trinajstić information content (AvgIpc) is 3.28. The molecule has 1 amide bonds. The lowest BCUT2D eigenvalue weighted by molar-refractivity contribution is -0.115. The maximum atomic E-state index is 13.3. The zero-order chi connectivity index (χ0) is 22.5. The second-order valence-electron chi connectivity index (χ2n) is 7.22. The summed E-state index contributed by atoms with van der Waals surface area (Å²) in [6.45, 7) is 4.08. The molecule has 1 atom stereocenters. The number of hydrogen-bond donors (Lipinski definition) is 1. The minimum Gasteiger partial charge on any atom is -0.497 e. The van der Waals surface area contributed by atoms with E-state index < -0.39 is 5.25 Å². The van der Waals surface area contributed by atoms with Crippen LogP contribution in [-0.4, -0.2) is 33.2 Å². The normalized spacial score (nSPS) is 11.7. The third-order valence-electron chi connectivity index (χ3n) is 5.17. The number of anilines is 1. The molecule has 0 saturated heterocycles. The van der Waals surface area contributed by atoms with Crippen LogP contribution in [0.1, 0.15) is 21.9 Å². The smallest absolute Gasteiger partial charge is 0.242 e. The summed E-state index contributed by atoms with van der Waals surface area (Å²) in [5.74, 6) is 0.562. The molecular weight excluding hydrogens is 422 g/mol. The monoisotopic (exact) mass is 445 g/mol. The van der Waals surface area contributed by atoms with Crippen molar-refractivity contribution in [2.24, 2.45) is 0 Å². The Morgan fingerprint density at radius 2 is 1.75 bits per heavy atom. The number of amides is 1. The van der Waals surface area contributed by atoms with E-state index in [0.717, 1.165) is 28.1 Å². The highest BCUT2D eigenvalue weighted by Crippen LogP contribution is 2.36. The van der Waals surface area contributed by atoms with Crippen molar-refractivity contribution in [3.8, 4) is 11.4 Å². The van der Waals surface area contributed by atoms with E-state index in [1.807, 2.05) is 74.5 Å². The predicted octanol–water partition coefficient (Wildman–Crippen LogP) is 4.76. The van der Waals surface area contributed by atoms with Crippen LogP contribution in [-0.2, 0) is 4.79 Å². The molecule has 0 spiro atoms. The summed E-state index contributed by atoms with van der Waals surface area (Å²) in [6.07, 6.45) is 0. The van der Waals surface area contributed by atoms with Crippen LogP contribution in [0.2, 0.25) is 0 Å². The van der Waals surface area contributed by atoms with Gasteiger partial charge in [0.1, 0.15) is 11.0 Å². The van der Waals surface area contributed by atoms with Crippen LogP contribution < -0.4 is 10.1 Å². The molecule has 8 heteroatoms. The van der Waals surface area contributed by atoms with E-state index >= 15 is 0 Å². The Morgan fingerprint density at radius 3 is 2.47 bits per heavy atom. The van der Waals surface area contributed by atoms with E-state index in [0.29, 0.717) is 10.8 Å². The Labute approximate surface area is 190 Å². The molecule has 3 aromatic carbocycles. The number of ether oxygens (including phenoxy) is 1. The molecule has 0 bridgehead atoms. The lowest BCUT2D eigenvalue weighted by Gasteiger charge is -2.17. The first-order valence-corrected chi connectivity index (χ1v) is 11.0. The van der Waals surface area contributed by atoms with E-state index in [1.54, 1.807) is 23.9 Å². The number of thioether (sulfide) groups is 1. The third kappa shape index (κ3) is 4.65. The maximum Gasteiger partial charge on any atom is 0.242 e. The SMILES string of the molecule is COc1ccc(NC(=O)C(Sc2nnnn2-c2cccc(C)c2C)c2ccccc2)cc1. The number of hydrogen-bond acceptors (Lipinski definition) is 6. The Balaban J connectivity index is 1.65. The number of benzene rings is 3. The molecule has 32 heavy (non-hydrogen) atoms. The van der Waals surface area contributed by atoms with Gasteiger partial charge >= 0.3 is 0 Å². The molecule has 1 aromatic heterocycles. The van der Waals surface area contributed by atoms with Crippen LogP contribution in [0.4, 0.5) is 5.69 Å². The van der Waals surface area contributed by atoms with Gasteiger partial charge in [0, 0.05) is 5.69 Å². The van der Waals surface area contributed by atoms with Gasteiger partial charge in [0.05, 0.1) is 12.8 Å². The molecule has 0 aliphatic heterocycles. The number of rotatable bonds is 7. The highest BCUT2D eigenvalue weighted by Gasteiger charge is 2.26. The van der Waals surface area contributed by atoms with Gasteiger partial charge in [-0.25, -0.2) is 0 Å². The Hall–Kier alpha value is -3.65. The molecule has 0 fully saturated rings. The fourth-order valence-corrected chi connectivity index (χ4v) is 4.25. The first-order valence-electron chi connectivity index (χ1n) is 10.1. The van der Waals surface area contributed by atoms with Gasteiger partial charge in [-0.15, -0.1) is 5.10 Å². The van der Waals surface area contributed by atoms with Crippen molar-refractivity contribution >= 4 is 23.4 Å². The number of methoxy groups -OCH3 is 1. The summed E-state index contributed by atoms with van der Waals surface area (Å²) in [5, 5.41) is 15.3. The second-order valence-corrected chi connectivity index (χ2v) is 8.29. The number of carbonyl (C=O) groups is 1. The van der Waals surface area contributed by atoms with Crippen molar-refractivity contribution in [1.29, 1.82) is 0 Å². The molecule has 7 nitrogen and oxygen atoms in total. The third-order valence-corrected chi connectivity index (χ3v) is 6.35. The van der Waals surface area contributed by atoms with E-state index in [-0.39, 0.29) is 5.91 Å². The average molecular weight is 446 g/mol. The van der Waals surface area contributed by atoms with Crippen LogP contribution in [0.25, 0.3) is 5.69 Å². The highest BCUT2D eigenvalue weighted by atomic mass is 32.2. The van der Waals surface area contributed by atoms with Gasteiger partial charge < -0.3 is 10.1 Å². The van der Waals surface area contributed by atoms with Crippen LogP contribution in [0.5, 0.6) is 5.75 Å². The van der Waals surface area contributed by atoms with Gasteiger partial charge in [0.15, 0.2) is 0 Å². The summed E-state index contributed by atoms with van der Waals surface area (Å²) in [7, 11) is 1.61. The Bertz CT molecular complexity index is 1210. The molecule has 4 rings (SSSR count). The van der Waals surface area contributed by atoms with E-state index in [1.165, 1.54) is 11.8 Å². The quantitative estimate of drug-likeness (QED) is 0.413. The number of aromatic nitrogens is 4. The van der Waals surface area contributed by atoms with Gasteiger partial charge in [-0.2, -0.15) is 4.68 Å². The van der Waals surface area contributed by atoms with Gasteiger partial charge in [-0.3, -0.25) is 4.79 Å². The van der Waals surface area contributed by atoms with E-state index in [4.69, 9.17) is 4.74 Å². The fourth-order valence-electron chi connectivity index (χ4n) is 3.26. The van der Waals surface area contributed by atoms with Gasteiger partial charge in [0.2, 0.25) is 11.1 Å². The first kappa shape index (κ1) is 21.6. The molecule has 162 valence electrons. The molecule has 1 unspecified atom stereocenters. The molecule has 0 saturated carbocycles. The van der Waals surface area contributed by atoms with Crippen molar-refractivity contribution in [3.05, 3.63) is 89.5 Å². The van der Waals surface area contributed by atoms with Gasteiger partial charge in [-0.05, 0) is 71.3 Å². The molecular formula is C24H23N5O2S. The number of aryl methyl sites for hydroxylation is 1. The van der Waals surface area contributed by atoms with Crippen LogP contribution >= 0.6 is 11.8 Å². The van der Waals surface area contributed by atoms with Crippen LogP contribution in [0.15, 0.2) is 78.0 Å². The molecule has 0 aliphatic carbocycles. The minimum absolute atomic E-state index is 0.165. The largest absolute Gasteiger partial charge is 0.497 e. The summed E-state index contributed by atoms with van der Waals surface area (Å²) < 4.78 is 6.88. The molecule has 1 heterocycles. The van der Waals surface area contributed by atoms with Crippen molar-refractivity contribution in [1.82, 2.24) is 20.2 Å². The van der Waals surface area contributed by atoms with Gasteiger partial charge in [0.25, 0.3) is 0 Å². The Kier molecular flexibility index (Phi) is 6.51. The topological polar surface area (TPSA) is 81.9 Å². The lowest BCUT2D eigenvalue weighted by Crippen LogP contribution is -2.19. The van der Waals surface area contributed by atoms with Crippen molar-refractivity contribution in [3.63, 3.8) is 0 Å². The maximum absolute atomic E-state index is 13.3. The van der Waals surface area contributed by atoms with Crippen LogP contribution in [0, 0.1) is 13.8 Å². The van der Waals surface area contributed by atoms with Crippen molar-refractivity contribution in [2.45, 2.75) is 24.3 Å². The summed E-state index contributed by atoms with van der Waals surface area (Å²) >= 11 is 1.31. The number of tetrazole rings is 1. The number of nitrogens with one attached hydrogen (secondary N) is 1. The molecule has 4 aromatic rings. The predicted molar refractivity (Wildman–Crippen MR) is 125 cm³/mol.